The molecule has 0 spiro atoms. The van der Waals surface area contributed by atoms with Gasteiger partial charge in [0.25, 0.3) is 0 Å². The number of fused-ring (bicyclic) bond motifs is 1. The Bertz CT molecular complexity index is 519. The molecule has 2 heterocycles. The maximum absolute atomic E-state index is 10.9. The van der Waals surface area contributed by atoms with Crippen LogP contribution in [0.15, 0.2) is 23.1 Å². The zero-order valence-corrected chi connectivity index (χ0v) is 12.4. The summed E-state index contributed by atoms with van der Waals surface area (Å²) in [6.07, 6.45) is 1.66. The maximum atomic E-state index is 10.9. The maximum Gasteiger partial charge on any atom is 0.332 e. The van der Waals surface area contributed by atoms with Gasteiger partial charge in [0.15, 0.2) is 17.6 Å². The molecule has 1 saturated heterocycles. The molecule has 5 nitrogen and oxygen atoms in total. The van der Waals surface area contributed by atoms with E-state index in [1.807, 2.05) is 18.2 Å². The fraction of sp³-hybridized carbons (Fsp3) is 0.533. The standard InChI is InChI=1S/C15H18O5S/c16-15(17)13-4-2-10(20-13)9-21-11-3-5-12-14(8-11)19-7-1-6-18-12/h3,5,8,10,13H,1-2,4,6-7,9H2,(H,16,17). The largest absolute Gasteiger partial charge is 0.490 e. The van der Waals surface area contributed by atoms with Crippen LogP contribution < -0.4 is 9.47 Å². The lowest BCUT2D eigenvalue weighted by atomic mass is 10.2. The van der Waals surface area contributed by atoms with Crippen molar-refractivity contribution >= 4 is 17.7 Å². The first-order valence-corrected chi connectivity index (χ1v) is 8.11. The van der Waals surface area contributed by atoms with E-state index in [9.17, 15) is 4.79 Å². The van der Waals surface area contributed by atoms with Crippen LogP contribution in [0.5, 0.6) is 11.5 Å². The average molecular weight is 310 g/mol. The Hall–Kier alpha value is -1.40. The van der Waals surface area contributed by atoms with E-state index < -0.39 is 12.1 Å². The molecule has 0 saturated carbocycles. The molecule has 0 aliphatic carbocycles. The third-order valence-corrected chi connectivity index (χ3v) is 4.66. The van der Waals surface area contributed by atoms with Gasteiger partial charge in [-0.1, -0.05) is 0 Å². The normalized spacial score (nSPS) is 24.6. The van der Waals surface area contributed by atoms with Crippen LogP contribution in [0.3, 0.4) is 0 Å². The molecule has 0 aromatic heterocycles. The third kappa shape index (κ3) is 3.63. The summed E-state index contributed by atoms with van der Waals surface area (Å²) >= 11 is 1.66. The van der Waals surface area contributed by atoms with Gasteiger partial charge >= 0.3 is 5.97 Å². The van der Waals surface area contributed by atoms with Crippen molar-refractivity contribution in [2.24, 2.45) is 0 Å². The SMILES string of the molecule is O=C(O)C1CCC(CSc2ccc3c(c2)OCCCO3)O1. The Morgan fingerprint density at radius 3 is 2.81 bits per heavy atom. The number of ether oxygens (including phenoxy) is 3. The van der Waals surface area contributed by atoms with E-state index in [0.717, 1.165) is 35.0 Å². The van der Waals surface area contributed by atoms with Gasteiger partial charge in [0.2, 0.25) is 0 Å². The molecule has 1 aromatic carbocycles. The van der Waals surface area contributed by atoms with Crippen LogP contribution >= 0.6 is 11.8 Å². The number of aliphatic carboxylic acids is 1. The highest BCUT2D eigenvalue weighted by Gasteiger charge is 2.30. The Kier molecular flexibility index (Phi) is 4.55. The molecular weight excluding hydrogens is 292 g/mol. The van der Waals surface area contributed by atoms with E-state index in [0.29, 0.717) is 19.6 Å². The average Bonchev–Trinajstić information content (AvgIpc) is 2.84. The highest BCUT2D eigenvalue weighted by atomic mass is 32.2. The molecule has 0 radical (unpaired) electrons. The number of benzene rings is 1. The molecule has 3 rings (SSSR count). The number of carboxylic acid groups (broad SMARTS) is 1. The second-order valence-electron chi connectivity index (χ2n) is 5.13. The third-order valence-electron chi connectivity index (χ3n) is 3.54. The molecule has 2 aliphatic rings. The van der Waals surface area contributed by atoms with E-state index in [-0.39, 0.29) is 6.10 Å². The summed E-state index contributed by atoms with van der Waals surface area (Å²) in [6.45, 7) is 1.36. The lowest BCUT2D eigenvalue weighted by Gasteiger charge is -2.12. The summed E-state index contributed by atoms with van der Waals surface area (Å²) in [5, 5.41) is 8.91. The second-order valence-corrected chi connectivity index (χ2v) is 6.23. The molecule has 0 amide bonds. The number of rotatable bonds is 4. The van der Waals surface area contributed by atoms with Crippen LogP contribution in [-0.4, -0.2) is 42.3 Å². The molecule has 2 unspecified atom stereocenters. The smallest absolute Gasteiger partial charge is 0.332 e. The summed E-state index contributed by atoms with van der Waals surface area (Å²) in [6, 6.07) is 5.91. The first kappa shape index (κ1) is 14.5. The van der Waals surface area contributed by atoms with Gasteiger partial charge in [-0.2, -0.15) is 0 Å². The Morgan fingerprint density at radius 2 is 2.05 bits per heavy atom. The highest BCUT2D eigenvalue weighted by Crippen LogP contribution is 2.35. The highest BCUT2D eigenvalue weighted by molar-refractivity contribution is 7.99. The van der Waals surface area contributed by atoms with E-state index in [4.69, 9.17) is 19.3 Å². The molecular formula is C15H18O5S. The zero-order chi connectivity index (χ0) is 14.7. The minimum atomic E-state index is -0.863. The number of carboxylic acids is 1. The van der Waals surface area contributed by atoms with Crippen LogP contribution in [0.2, 0.25) is 0 Å². The molecule has 114 valence electrons. The van der Waals surface area contributed by atoms with Crippen molar-refractivity contribution in [2.45, 2.75) is 36.4 Å². The van der Waals surface area contributed by atoms with Gasteiger partial charge in [-0.25, -0.2) is 4.79 Å². The molecule has 0 bridgehead atoms. The molecule has 6 heteroatoms. The van der Waals surface area contributed by atoms with Crippen molar-refractivity contribution in [3.05, 3.63) is 18.2 Å². The minimum absolute atomic E-state index is 0.00655. The molecule has 1 fully saturated rings. The molecule has 2 aliphatic heterocycles. The van der Waals surface area contributed by atoms with Crippen molar-refractivity contribution < 1.29 is 24.1 Å². The van der Waals surface area contributed by atoms with Crippen LogP contribution in [0.1, 0.15) is 19.3 Å². The number of carbonyl (C=O) groups is 1. The van der Waals surface area contributed by atoms with Crippen LogP contribution in [0, 0.1) is 0 Å². The lowest BCUT2D eigenvalue weighted by molar-refractivity contribution is -0.148. The van der Waals surface area contributed by atoms with Gasteiger partial charge in [-0.3, -0.25) is 0 Å². The zero-order valence-electron chi connectivity index (χ0n) is 11.6. The summed E-state index contributed by atoms with van der Waals surface area (Å²) < 4.78 is 16.8. The monoisotopic (exact) mass is 310 g/mol. The summed E-state index contributed by atoms with van der Waals surface area (Å²) in [5.74, 6) is 1.47. The van der Waals surface area contributed by atoms with Crippen molar-refractivity contribution in [3.63, 3.8) is 0 Å². The second kappa shape index (κ2) is 6.58. The van der Waals surface area contributed by atoms with Crippen LogP contribution in [-0.2, 0) is 9.53 Å². The lowest BCUT2D eigenvalue weighted by Crippen LogP contribution is -2.21. The Morgan fingerprint density at radius 1 is 1.24 bits per heavy atom. The first-order valence-electron chi connectivity index (χ1n) is 7.13. The van der Waals surface area contributed by atoms with E-state index in [1.54, 1.807) is 11.8 Å². The van der Waals surface area contributed by atoms with Crippen molar-refractivity contribution in [1.29, 1.82) is 0 Å². The van der Waals surface area contributed by atoms with Gasteiger partial charge < -0.3 is 19.3 Å². The predicted octanol–water partition coefficient (Wildman–Crippen LogP) is 2.57. The topological polar surface area (TPSA) is 65.0 Å². The number of hydrogen-bond acceptors (Lipinski definition) is 5. The van der Waals surface area contributed by atoms with Gasteiger partial charge in [0.05, 0.1) is 19.3 Å². The van der Waals surface area contributed by atoms with E-state index >= 15 is 0 Å². The minimum Gasteiger partial charge on any atom is -0.490 e. The van der Waals surface area contributed by atoms with Crippen LogP contribution in [0.25, 0.3) is 0 Å². The van der Waals surface area contributed by atoms with Gasteiger partial charge in [0.1, 0.15) is 0 Å². The van der Waals surface area contributed by atoms with Crippen molar-refractivity contribution in [1.82, 2.24) is 0 Å². The quantitative estimate of drug-likeness (QED) is 0.862. The molecule has 2 atom stereocenters. The van der Waals surface area contributed by atoms with Gasteiger partial charge in [-0.15, -0.1) is 11.8 Å². The van der Waals surface area contributed by atoms with E-state index in [2.05, 4.69) is 0 Å². The number of thioether (sulfide) groups is 1. The fourth-order valence-electron chi connectivity index (χ4n) is 2.43. The van der Waals surface area contributed by atoms with E-state index in [1.165, 1.54) is 0 Å². The Balaban J connectivity index is 1.56. The summed E-state index contributed by atoms with van der Waals surface area (Å²) in [5.41, 5.74) is 0. The molecule has 1 N–H and O–H groups in total. The first-order chi connectivity index (χ1) is 10.2. The van der Waals surface area contributed by atoms with Crippen molar-refractivity contribution in [3.8, 4) is 11.5 Å². The molecule has 21 heavy (non-hydrogen) atoms. The van der Waals surface area contributed by atoms with Gasteiger partial charge in [0, 0.05) is 17.1 Å². The summed E-state index contributed by atoms with van der Waals surface area (Å²) in [7, 11) is 0. The number of hydrogen-bond donors (Lipinski definition) is 1. The Labute approximate surface area is 127 Å². The predicted molar refractivity (Wildman–Crippen MR) is 78.3 cm³/mol. The molecule has 1 aromatic rings. The summed E-state index contributed by atoms with van der Waals surface area (Å²) in [4.78, 5) is 11.9. The van der Waals surface area contributed by atoms with Gasteiger partial charge in [-0.05, 0) is 31.0 Å². The fourth-order valence-corrected chi connectivity index (χ4v) is 3.41. The van der Waals surface area contributed by atoms with Crippen LogP contribution in [0.4, 0.5) is 0 Å². The van der Waals surface area contributed by atoms with Crippen molar-refractivity contribution in [2.75, 3.05) is 19.0 Å².